The molecule has 0 bridgehead atoms. The molecule has 2 fully saturated rings. The van der Waals surface area contributed by atoms with Crippen LogP contribution < -0.4 is 9.47 Å². The third kappa shape index (κ3) is 5.50. The monoisotopic (exact) mass is 493 g/mol. The molecule has 2 aromatic heterocycles. The van der Waals surface area contributed by atoms with Crippen molar-refractivity contribution < 1.29 is 27.4 Å². The lowest BCUT2D eigenvalue weighted by Crippen LogP contribution is -2.36. The van der Waals surface area contributed by atoms with Crippen molar-refractivity contribution in [3.63, 3.8) is 0 Å². The molecule has 1 saturated carbocycles. The number of nitrogens with zero attached hydrogens (tertiary/aromatic N) is 4. The number of thiazole rings is 1. The van der Waals surface area contributed by atoms with E-state index in [9.17, 15) is 18.0 Å². The predicted octanol–water partition coefficient (Wildman–Crippen LogP) is 4.14. The normalized spacial score (nSPS) is 21.8. The van der Waals surface area contributed by atoms with Gasteiger partial charge in [-0.05, 0) is 35.4 Å². The lowest BCUT2D eigenvalue weighted by Gasteiger charge is -2.24. The van der Waals surface area contributed by atoms with Crippen LogP contribution in [0.15, 0.2) is 47.7 Å². The van der Waals surface area contributed by atoms with E-state index in [2.05, 4.69) is 24.6 Å². The number of amides is 1. The summed E-state index contributed by atoms with van der Waals surface area (Å²) in [5.41, 5.74) is 3.14. The number of imidazole rings is 1. The van der Waals surface area contributed by atoms with Crippen molar-refractivity contribution in [2.45, 2.75) is 19.5 Å². The van der Waals surface area contributed by atoms with Crippen molar-refractivity contribution in [1.29, 1.82) is 0 Å². The van der Waals surface area contributed by atoms with Gasteiger partial charge in [-0.2, -0.15) is 0 Å². The summed E-state index contributed by atoms with van der Waals surface area (Å²) in [6.07, 6.45) is -1.88. The number of alkyl halides is 3. The van der Waals surface area contributed by atoms with E-state index in [-0.39, 0.29) is 18.2 Å². The first-order valence-electron chi connectivity index (χ1n) is 10.7. The summed E-state index contributed by atoms with van der Waals surface area (Å²) in [5.74, 6) is 1.14. The third-order valence-corrected chi connectivity index (χ3v) is 6.76. The number of aromatic nitrogens is 3. The van der Waals surface area contributed by atoms with Crippen molar-refractivity contribution in [3.8, 4) is 11.6 Å². The molecule has 2 atom stereocenters. The molecule has 1 aliphatic carbocycles. The number of ether oxygens (including phenoxy) is 2. The van der Waals surface area contributed by atoms with Gasteiger partial charge in [0, 0.05) is 44.6 Å². The number of nitrogens with one attached hydrogen (secondary N) is 1. The fourth-order valence-corrected chi connectivity index (χ4v) is 5.13. The number of halogens is 3. The van der Waals surface area contributed by atoms with E-state index in [4.69, 9.17) is 4.74 Å². The average Bonchev–Trinajstić information content (AvgIpc) is 3.30. The molecule has 1 aliphatic heterocycles. The molecule has 2 aliphatic rings. The highest BCUT2D eigenvalue weighted by Gasteiger charge is 2.56. The fourth-order valence-electron chi connectivity index (χ4n) is 4.67. The van der Waals surface area contributed by atoms with E-state index in [1.54, 1.807) is 23.3 Å². The second kappa shape index (κ2) is 9.26. The van der Waals surface area contributed by atoms with Crippen LogP contribution in [0.25, 0.3) is 0 Å². The Morgan fingerprint density at radius 3 is 2.79 bits per heavy atom. The van der Waals surface area contributed by atoms with Crippen LogP contribution in [0, 0.1) is 17.8 Å². The van der Waals surface area contributed by atoms with Crippen molar-refractivity contribution in [2.75, 3.05) is 19.6 Å². The summed E-state index contributed by atoms with van der Waals surface area (Å²) in [4.78, 5) is 28.0. The van der Waals surface area contributed by atoms with Gasteiger partial charge in [0.2, 0.25) is 5.88 Å². The number of carbonyl (C=O) groups is 1. The Morgan fingerprint density at radius 1 is 1.29 bits per heavy atom. The summed E-state index contributed by atoms with van der Waals surface area (Å²) in [7, 11) is 0. The number of fused-ring (bicyclic) bond motifs is 1. The van der Waals surface area contributed by atoms with Crippen LogP contribution in [0.4, 0.5) is 18.0 Å². The van der Waals surface area contributed by atoms with Crippen molar-refractivity contribution in [1.82, 2.24) is 24.8 Å². The maximum absolute atomic E-state index is 12.9. The molecule has 3 heterocycles. The Morgan fingerprint density at radius 2 is 2.12 bits per heavy atom. The molecule has 0 radical (unpaired) electrons. The lowest BCUT2D eigenvalue weighted by molar-refractivity contribution is -0.274. The minimum absolute atomic E-state index is 0.103. The van der Waals surface area contributed by atoms with Crippen LogP contribution in [0.5, 0.6) is 11.6 Å². The van der Waals surface area contributed by atoms with Crippen LogP contribution in [-0.2, 0) is 13.1 Å². The van der Waals surface area contributed by atoms with E-state index < -0.39 is 12.5 Å². The number of benzene rings is 1. The van der Waals surface area contributed by atoms with Gasteiger partial charge in [0.1, 0.15) is 5.75 Å². The Bertz CT molecular complexity index is 1100. The molecule has 8 nitrogen and oxygen atoms in total. The molecule has 0 spiro atoms. The van der Waals surface area contributed by atoms with Gasteiger partial charge in [-0.15, -0.1) is 24.5 Å². The number of carbonyl (C=O) groups excluding carboxylic acids is 1. The number of hydrogen-bond acceptors (Lipinski definition) is 7. The van der Waals surface area contributed by atoms with Crippen LogP contribution in [0.1, 0.15) is 11.3 Å². The predicted molar refractivity (Wildman–Crippen MR) is 116 cm³/mol. The summed E-state index contributed by atoms with van der Waals surface area (Å²) in [5, 5.41) is 1.62. The second-order valence-electron chi connectivity index (χ2n) is 8.53. The van der Waals surface area contributed by atoms with Crippen LogP contribution in [-0.4, -0.2) is 56.8 Å². The van der Waals surface area contributed by atoms with Gasteiger partial charge in [-0.1, -0.05) is 12.1 Å². The summed E-state index contributed by atoms with van der Waals surface area (Å²) in [6, 6.07) is 5.65. The zero-order valence-corrected chi connectivity index (χ0v) is 18.8. The molecule has 2 unspecified atom stereocenters. The SMILES string of the molecule is O=C(Oc1cscn1)N(Cc1cccc(OC(F)(F)F)c1)CC1C2CN(Cc3cnc[nH]3)CC21. The minimum Gasteiger partial charge on any atom is -0.406 e. The van der Waals surface area contributed by atoms with Gasteiger partial charge >= 0.3 is 12.5 Å². The highest BCUT2D eigenvalue weighted by Crippen LogP contribution is 2.52. The molecule has 34 heavy (non-hydrogen) atoms. The van der Waals surface area contributed by atoms with E-state index in [1.807, 2.05) is 6.20 Å². The third-order valence-electron chi connectivity index (χ3n) is 6.19. The van der Waals surface area contributed by atoms with Gasteiger partial charge in [0.15, 0.2) is 0 Å². The molecule has 5 rings (SSSR count). The van der Waals surface area contributed by atoms with Crippen molar-refractivity contribution in [2.24, 2.45) is 17.8 Å². The van der Waals surface area contributed by atoms with E-state index >= 15 is 0 Å². The van der Waals surface area contributed by atoms with Gasteiger partial charge in [-0.25, -0.2) is 14.8 Å². The molecule has 180 valence electrons. The van der Waals surface area contributed by atoms with E-state index in [1.165, 1.54) is 34.4 Å². The molecular formula is C22H22F3N5O3S. The Labute approximate surface area is 197 Å². The Kier molecular flexibility index (Phi) is 6.17. The van der Waals surface area contributed by atoms with Gasteiger partial charge in [-0.3, -0.25) is 4.90 Å². The van der Waals surface area contributed by atoms with Gasteiger partial charge < -0.3 is 19.4 Å². The topological polar surface area (TPSA) is 83.6 Å². The number of hydrogen-bond donors (Lipinski definition) is 1. The molecular weight excluding hydrogens is 471 g/mol. The molecule has 1 N–H and O–H groups in total. The molecule has 1 amide bonds. The highest BCUT2D eigenvalue weighted by atomic mass is 32.1. The number of piperidine rings is 1. The first kappa shape index (κ1) is 22.7. The van der Waals surface area contributed by atoms with Crippen molar-refractivity contribution in [3.05, 3.63) is 58.9 Å². The first-order chi connectivity index (χ1) is 16.3. The summed E-state index contributed by atoms with van der Waals surface area (Å²) >= 11 is 1.30. The maximum atomic E-state index is 12.9. The number of aromatic amines is 1. The van der Waals surface area contributed by atoms with Gasteiger partial charge in [0.05, 0.1) is 17.2 Å². The second-order valence-corrected chi connectivity index (χ2v) is 9.25. The largest absolute Gasteiger partial charge is 0.573 e. The van der Waals surface area contributed by atoms with Crippen LogP contribution in [0.3, 0.4) is 0 Å². The van der Waals surface area contributed by atoms with E-state index in [0.717, 1.165) is 25.3 Å². The Balaban J connectivity index is 1.24. The smallest absolute Gasteiger partial charge is 0.406 e. The number of rotatable bonds is 8. The molecule has 1 saturated heterocycles. The molecule has 3 aromatic rings. The summed E-state index contributed by atoms with van der Waals surface area (Å²) in [6.45, 7) is 3.23. The maximum Gasteiger partial charge on any atom is 0.573 e. The van der Waals surface area contributed by atoms with Crippen LogP contribution in [0.2, 0.25) is 0 Å². The Hall–Kier alpha value is -3.12. The number of H-pyrrole nitrogens is 1. The van der Waals surface area contributed by atoms with Gasteiger partial charge in [0.25, 0.3) is 0 Å². The fraction of sp³-hybridized carbons (Fsp3) is 0.409. The van der Waals surface area contributed by atoms with Crippen LogP contribution >= 0.6 is 11.3 Å². The minimum atomic E-state index is -4.78. The zero-order valence-electron chi connectivity index (χ0n) is 17.9. The van der Waals surface area contributed by atoms with E-state index in [0.29, 0.717) is 29.9 Å². The highest BCUT2D eigenvalue weighted by molar-refractivity contribution is 7.07. The number of likely N-dealkylation sites (tertiary alicyclic amines) is 1. The lowest BCUT2D eigenvalue weighted by atomic mass is 10.2. The van der Waals surface area contributed by atoms with Crippen molar-refractivity contribution >= 4 is 17.4 Å². The molecule has 12 heteroatoms. The quantitative estimate of drug-likeness (QED) is 0.508. The standard InChI is InChI=1S/C22H22F3N5O3S/c23-22(24,25)33-16-3-1-2-14(4-16)6-30(21(31)32-20-11-34-13-28-20)10-19-17-8-29(9-18(17)19)7-15-5-26-12-27-15/h1-5,11-13,17-19H,6-10H2,(H,26,27). The first-order valence-corrected chi connectivity index (χ1v) is 11.7. The summed E-state index contributed by atoms with van der Waals surface area (Å²) < 4.78 is 47.3. The molecule has 1 aromatic carbocycles. The average molecular weight is 494 g/mol. The zero-order chi connectivity index (χ0) is 23.7.